The average molecular weight is 452 g/mol. The highest BCUT2D eigenvalue weighted by molar-refractivity contribution is 8.00. The number of hydrogen-bond donors (Lipinski definition) is 3. The van der Waals surface area contributed by atoms with E-state index < -0.39 is 12.2 Å². The number of benzene rings is 2. The lowest BCUT2D eigenvalue weighted by atomic mass is 9.96. The maximum atomic E-state index is 10.5. The predicted molar refractivity (Wildman–Crippen MR) is 123 cm³/mol. The molecule has 0 aromatic heterocycles. The summed E-state index contributed by atoms with van der Waals surface area (Å²) in [5.41, 5.74) is 2.98. The normalized spacial score (nSPS) is 24.2. The van der Waals surface area contributed by atoms with E-state index in [1.54, 1.807) is 0 Å². The summed E-state index contributed by atoms with van der Waals surface area (Å²) >= 11 is 7.95. The number of aliphatic hydroxyl groups excluding tert-OH is 3. The summed E-state index contributed by atoms with van der Waals surface area (Å²) in [4.78, 5) is 2.08. The van der Waals surface area contributed by atoms with Gasteiger partial charge in [0.1, 0.15) is 12.4 Å². The van der Waals surface area contributed by atoms with Crippen molar-refractivity contribution in [2.45, 2.75) is 35.5 Å². The van der Waals surface area contributed by atoms with E-state index in [0.717, 1.165) is 29.0 Å². The zero-order valence-electron chi connectivity index (χ0n) is 17.4. The van der Waals surface area contributed by atoms with Gasteiger partial charge < -0.3 is 25.0 Å². The van der Waals surface area contributed by atoms with Gasteiger partial charge in [0, 0.05) is 16.8 Å². The van der Waals surface area contributed by atoms with Crippen LogP contribution in [0.1, 0.15) is 28.4 Å². The third kappa shape index (κ3) is 6.13. The van der Waals surface area contributed by atoms with Gasteiger partial charge >= 0.3 is 0 Å². The van der Waals surface area contributed by atoms with E-state index in [2.05, 4.69) is 4.90 Å². The second-order valence-corrected chi connectivity index (χ2v) is 9.83. The fourth-order valence-corrected chi connectivity index (χ4v) is 5.16. The molecule has 3 rings (SSSR count). The van der Waals surface area contributed by atoms with Crippen LogP contribution in [0.15, 0.2) is 42.5 Å². The predicted octanol–water partition coefficient (Wildman–Crippen LogP) is 3.13. The molecule has 1 saturated heterocycles. The van der Waals surface area contributed by atoms with Gasteiger partial charge in [-0.2, -0.15) is 0 Å². The lowest BCUT2D eigenvalue weighted by molar-refractivity contribution is 0.00526. The number of rotatable bonds is 8. The van der Waals surface area contributed by atoms with Crippen molar-refractivity contribution in [3.05, 3.63) is 64.2 Å². The van der Waals surface area contributed by atoms with Crippen molar-refractivity contribution in [3.63, 3.8) is 0 Å². The number of nitrogens with zero attached hydrogens (tertiary/aromatic N) is 1. The van der Waals surface area contributed by atoms with Crippen LogP contribution in [0.3, 0.4) is 0 Å². The summed E-state index contributed by atoms with van der Waals surface area (Å²) in [5.74, 6) is 0.839. The smallest absolute Gasteiger partial charge is 0.119 e. The monoisotopic (exact) mass is 451 g/mol. The molecular weight excluding hydrogens is 422 g/mol. The van der Waals surface area contributed by atoms with Crippen LogP contribution in [0, 0.1) is 0 Å². The van der Waals surface area contributed by atoms with Gasteiger partial charge in [0.05, 0.1) is 24.1 Å². The van der Waals surface area contributed by atoms with Crippen molar-refractivity contribution >= 4 is 23.4 Å². The fraction of sp³-hybridized carbons (Fsp3) is 0.478. The Hall–Kier alpha value is -1.28. The molecule has 0 amide bonds. The van der Waals surface area contributed by atoms with Gasteiger partial charge in [0.25, 0.3) is 0 Å². The van der Waals surface area contributed by atoms with Crippen LogP contribution in [0.5, 0.6) is 5.75 Å². The third-order valence-electron chi connectivity index (χ3n) is 5.27. The molecular formula is C23H30ClNO4S. The fourth-order valence-electron chi connectivity index (χ4n) is 3.52. The van der Waals surface area contributed by atoms with Gasteiger partial charge in [-0.1, -0.05) is 35.9 Å². The molecule has 0 spiro atoms. The Morgan fingerprint density at radius 2 is 1.87 bits per heavy atom. The first kappa shape index (κ1) is 23.4. The summed E-state index contributed by atoms with van der Waals surface area (Å²) in [6.45, 7) is 1.48. The summed E-state index contributed by atoms with van der Waals surface area (Å²) < 4.78 is 5.74. The molecule has 1 fully saturated rings. The van der Waals surface area contributed by atoms with Gasteiger partial charge in [-0.15, -0.1) is 11.8 Å². The molecule has 0 radical (unpaired) electrons. The van der Waals surface area contributed by atoms with Crippen LogP contribution in [0.2, 0.25) is 5.02 Å². The highest BCUT2D eigenvalue weighted by Gasteiger charge is 2.37. The van der Waals surface area contributed by atoms with Crippen molar-refractivity contribution in [1.82, 2.24) is 4.90 Å². The Kier molecular flexibility index (Phi) is 8.45. The third-order valence-corrected chi connectivity index (χ3v) is 7.21. The largest absolute Gasteiger partial charge is 0.492 e. The molecule has 30 heavy (non-hydrogen) atoms. The van der Waals surface area contributed by atoms with Crippen LogP contribution in [0.25, 0.3) is 0 Å². The maximum absolute atomic E-state index is 10.5. The standard InChI is InChI=1S/C23H30ClNO4S/c1-25(2)9-10-29-18-6-3-15(4-7-18)11-17-12-16(5-8-20(17)24)23-22(28)21(27)13-19(14-26)30-23/h3-8,12,19,21-23,26-28H,9-11,13-14H2,1-2H3/t19-,21-,22+,23-/m0/s1. The van der Waals surface area contributed by atoms with Gasteiger partial charge in [0.15, 0.2) is 0 Å². The maximum Gasteiger partial charge on any atom is 0.119 e. The summed E-state index contributed by atoms with van der Waals surface area (Å²) in [5, 5.41) is 30.4. The Morgan fingerprint density at radius 1 is 1.13 bits per heavy atom. The van der Waals surface area contributed by atoms with Crippen molar-refractivity contribution in [2.75, 3.05) is 33.9 Å². The van der Waals surface area contributed by atoms with E-state index in [1.165, 1.54) is 11.8 Å². The molecule has 1 aliphatic heterocycles. The van der Waals surface area contributed by atoms with Gasteiger partial charge in [0.2, 0.25) is 0 Å². The topological polar surface area (TPSA) is 73.2 Å². The highest BCUT2D eigenvalue weighted by Crippen LogP contribution is 2.43. The minimum atomic E-state index is -0.870. The molecule has 1 heterocycles. The first-order valence-electron chi connectivity index (χ1n) is 10.1. The summed E-state index contributed by atoms with van der Waals surface area (Å²) in [6.07, 6.45) is -0.662. The molecule has 7 heteroatoms. The number of aliphatic hydroxyl groups is 3. The molecule has 3 N–H and O–H groups in total. The molecule has 0 aliphatic carbocycles. The molecule has 1 aliphatic rings. The average Bonchev–Trinajstić information content (AvgIpc) is 2.72. The van der Waals surface area contributed by atoms with E-state index in [4.69, 9.17) is 16.3 Å². The van der Waals surface area contributed by atoms with Crippen molar-refractivity contribution < 1.29 is 20.1 Å². The first-order chi connectivity index (χ1) is 14.4. The van der Waals surface area contributed by atoms with Crippen LogP contribution in [0.4, 0.5) is 0 Å². The molecule has 4 atom stereocenters. The zero-order valence-corrected chi connectivity index (χ0v) is 18.9. The first-order valence-corrected chi connectivity index (χ1v) is 11.5. The highest BCUT2D eigenvalue weighted by atomic mass is 35.5. The number of ether oxygens (including phenoxy) is 1. The molecule has 5 nitrogen and oxygen atoms in total. The number of halogens is 1. The van der Waals surface area contributed by atoms with E-state index in [1.807, 2.05) is 56.6 Å². The Bertz CT molecular complexity index is 817. The Morgan fingerprint density at radius 3 is 2.53 bits per heavy atom. The second-order valence-electron chi connectivity index (χ2n) is 7.98. The lowest BCUT2D eigenvalue weighted by Crippen LogP contribution is -2.39. The van der Waals surface area contributed by atoms with E-state index in [0.29, 0.717) is 24.5 Å². The number of hydrogen-bond acceptors (Lipinski definition) is 6. The van der Waals surface area contributed by atoms with Crippen LogP contribution < -0.4 is 4.74 Å². The summed E-state index contributed by atoms with van der Waals surface area (Å²) in [6, 6.07) is 13.7. The van der Waals surface area contributed by atoms with E-state index >= 15 is 0 Å². The van der Waals surface area contributed by atoms with Crippen LogP contribution in [-0.2, 0) is 6.42 Å². The van der Waals surface area contributed by atoms with Gasteiger partial charge in [-0.25, -0.2) is 0 Å². The quantitative estimate of drug-likeness (QED) is 0.572. The minimum Gasteiger partial charge on any atom is -0.492 e. The number of likely N-dealkylation sites (N-methyl/N-ethyl adjacent to an activating group) is 1. The lowest BCUT2D eigenvalue weighted by Gasteiger charge is -2.36. The molecule has 0 saturated carbocycles. The second kappa shape index (κ2) is 10.8. The van der Waals surface area contributed by atoms with Crippen molar-refractivity contribution in [2.24, 2.45) is 0 Å². The van der Waals surface area contributed by atoms with Gasteiger partial charge in [-0.3, -0.25) is 0 Å². The van der Waals surface area contributed by atoms with Crippen molar-refractivity contribution in [3.8, 4) is 5.75 Å². The van der Waals surface area contributed by atoms with E-state index in [-0.39, 0.29) is 17.1 Å². The van der Waals surface area contributed by atoms with Crippen molar-refractivity contribution in [1.29, 1.82) is 0 Å². The molecule has 0 bridgehead atoms. The molecule has 2 aromatic rings. The molecule has 164 valence electrons. The number of thioether (sulfide) groups is 1. The van der Waals surface area contributed by atoms with Crippen LogP contribution >= 0.6 is 23.4 Å². The minimum absolute atomic E-state index is 0.0195. The van der Waals surface area contributed by atoms with E-state index in [9.17, 15) is 15.3 Å². The molecule has 2 aromatic carbocycles. The zero-order chi connectivity index (χ0) is 21.7. The Labute approximate surface area is 187 Å². The summed E-state index contributed by atoms with van der Waals surface area (Å²) in [7, 11) is 4.03. The van der Waals surface area contributed by atoms with Gasteiger partial charge in [-0.05, 0) is 61.8 Å². The van der Waals surface area contributed by atoms with Crippen LogP contribution in [-0.4, -0.2) is 71.5 Å². The Balaban J connectivity index is 1.71. The SMILES string of the molecule is CN(C)CCOc1ccc(Cc2cc([C@@H]3S[C@H](CO)C[C@H](O)[C@H]3O)ccc2Cl)cc1. The molecule has 0 unspecified atom stereocenters.